The summed E-state index contributed by atoms with van der Waals surface area (Å²) >= 11 is 1.23. The Morgan fingerprint density at radius 3 is 2.75 bits per heavy atom. The van der Waals surface area contributed by atoms with Gasteiger partial charge < -0.3 is 10.1 Å². The number of carbonyl (C=O) groups excluding carboxylic acids is 1. The van der Waals surface area contributed by atoms with Crippen molar-refractivity contribution in [3.05, 3.63) is 54.1 Å². The van der Waals surface area contributed by atoms with Gasteiger partial charge >= 0.3 is 0 Å². The van der Waals surface area contributed by atoms with Gasteiger partial charge in [0.05, 0.1) is 19.2 Å². The van der Waals surface area contributed by atoms with Crippen molar-refractivity contribution in [1.29, 1.82) is 0 Å². The lowest BCUT2D eigenvalue weighted by Gasteiger charge is -2.01. The summed E-state index contributed by atoms with van der Waals surface area (Å²) in [5.41, 5.74) is 0.958. The lowest BCUT2D eigenvalue weighted by molar-refractivity contribution is -0.115. The van der Waals surface area contributed by atoms with Crippen molar-refractivity contribution in [2.75, 3.05) is 12.4 Å². The van der Waals surface area contributed by atoms with Crippen LogP contribution in [0.25, 0.3) is 10.6 Å². The number of aromatic nitrogens is 3. The van der Waals surface area contributed by atoms with E-state index in [9.17, 15) is 9.18 Å². The molecule has 6 nitrogen and oxygen atoms in total. The summed E-state index contributed by atoms with van der Waals surface area (Å²) in [5, 5.41) is 11.6. The molecule has 0 aliphatic heterocycles. The largest absolute Gasteiger partial charge is 0.497 e. The minimum atomic E-state index is -0.510. The van der Waals surface area contributed by atoms with Crippen molar-refractivity contribution in [2.24, 2.45) is 0 Å². The number of hydrogen-bond acceptors (Lipinski definition) is 6. The number of anilines is 1. The molecule has 8 heteroatoms. The molecule has 0 spiro atoms. The first-order valence-corrected chi connectivity index (χ1v) is 7.84. The number of methoxy groups -OCH3 is 1. The second-order valence-corrected chi connectivity index (χ2v) is 5.78. The summed E-state index contributed by atoms with van der Waals surface area (Å²) in [6.45, 7) is 0. The first kappa shape index (κ1) is 16.0. The van der Waals surface area contributed by atoms with E-state index in [0.29, 0.717) is 10.1 Å². The van der Waals surface area contributed by atoms with Crippen LogP contribution < -0.4 is 10.1 Å². The first-order valence-electron chi connectivity index (χ1n) is 7.03. The average Bonchev–Trinajstić information content (AvgIpc) is 3.05. The van der Waals surface area contributed by atoms with Gasteiger partial charge in [-0.15, -0.1) is 10.2 Å². The molecule has 2 aromatic heterocycles. The van der Waals surface area contributed by atoms with E-state index in [2.05, 4.69) is 20.5 Å². The van der Waals surface area contributed by atoms with E-state index in [-0.39, 0.29) is 12.1 Å². The van der Waals surface area contributed by atoms with Gasteiger partial charge in [-0.2, -0.15) is 0 Å². The number of nitrogens with zero attached hydrogens (tertiary/aromatic N) is 3. The van der Waals surface area contributed by atoms with Crippen molar-refractivity contribution in [1.82, 2.24) is 15.2 Å². The Bertz CT molecular complexity index is 851. The summed E-state index contributed by atoms with van der Waals surface area (Å²) in [5.74, 6) is -0.164. The van der Waals surface area contributed by atoms with Crippen LogP contribution in [0, 0.1) is 5.82 Å². The van der Waals surface area contributed by atoms with Crippen LogP contribution in [-0.4, -0.2) is 28.2 Å². The Morgan fingerprint density at radius 1 is 1.25 bits per heavy atom. The Kier molecular flexibility index (Phi) is 4.76. The number of hydrogen-bond donors (Lipinski definition) is 1. The monoisotopic (exact) mass is 344 g/mol. The van der Waals surface area contributed by atoms with Crippen molar-refractivity contribution < 1.29 is 13.9 Å². The van der Waals surface area contributed by atoms with Crippen LogP contribution >= 0.6 is 11.3 Å². The normalized spacial score (nSPS) is 10.4. The lowest BCUT2D eigenvalue weighted by Crippen LogP contribution is -2.15. The summed E-state index contributed by atoms with van der Waals surface area (Å²) in [6, 6.07) is 10.1. The molecule has 0 saturated carbocycles. The van der Waals surface area contributed by atoms with Gasteiger partial charge in [-0.3, -0.25) is 9.78 Å². The number of pyridine rings is 1. The zero-order valence-electron chi connectivity index (χ0n) is 12.7. The van der Waals surface area contributed by atoms with Crippen LogP contribution in [0.1, 0.15) is 5.69 Å². The molecule has 0 unspecified atom stereocenters. The molecular formula is C16H13FN4O2S. The van der Waals surface area contributed by atoms with E-state index in [0.717, 1.165) is 11.3 Å². The maximum atomic E-state index is 13.5. The highest BCUT2D eigenvalue weighted by Crippen LogP contribution is 2.27. The zero-order valence-corrected chi connectivity index (χ0v) is 13.5. The maximum Gasteiger partial charge on any atom is 0.232 e. The van der Waals surface area contributed by atoms with Crippen molar-refractivity contribution in [2.45, 2.75) is 6.42 Å². The molecule has 122 valence electrons. The molecular weight excluding hydrogens is 331 g/mol. The number of carbonyl (C=O) groups is 1. The third-order valence-corrected chi connectivity index (χ3v) is 4.06. The van der Waals surface area contributed by atoms with E-state index in [1.54, 1.807) is 7.11 Å². The molecule has 0 bridgehead atoms. The highest BCUT2D eigenvalue weighted by Gasteiger charge is 2.13. The van der Waals surface area contributed by atoms with Crippen LogP contribution in [0.5, 0.6) is 5.75 Å². The molecule has 0 radical (unpaired) electrons. The Balaban J connectivity index is 1.67. The van der Waals surface area contributed by atoms with Crippen LogP contribution in [0.3, 0.4) is 0 Å². The number of ether oxygens (including phenoxy) is 1. The lowest BCUT2D eigenvalue weighted by atomic mass is 10.2. The minimum absolute atomic E-state index is 0.0925. The van der Waals surface area contributed by atoms with E-state index in [4.69, 9.17) is 4.74 Å². The predicted molar refractivity (Wildman–Crippen MR) is 88.4 cm³/mol. The zero-order chi connectivity index (χ0) is 16.9. The number of nitrogens with one attached hydrogen (secondary N) is 1. The molecule has 0 atom stereocenters. The van der Waals surface area contributed by atoms with Gasteiger partial charge in [0.25, 0.3) is 0 Å². The van der Waals surface area contributed by atoms with E-state index in [1.807, 2.05) is 24.3 Å². The van der Waals surface area contributed by atoms with Crippen LogP contribution in [0.2, 0.25) is 0 Å². The second-order valence-electron chi connectivity index (χ2n) is 4.80. The van der Waals surface area contributed by atoms with Gasteiger partial charge in [0, 0.05) is 11.8 Å². The third-order valence-electron chi connectivity index (χ3n) is 3.17. The fraction of sp³-hybridized carbons (Fsp3) is 0.125. The molecule has 0 saturated heterocycles. The summed E-state index contributed by atoms with van der Waals surface area (Å²) in [4.78, 5) is 15.8. The SMILES string of the molecule is COc1ccc(-c2nnc(NC(=O)Cc3ncccc3F)s2)cc1. The predicted octanol–water partition coefficient (Wildman–Crippen LogP) is 2.93. The molecule has 0 fully saturated rings. The van der Waals surface area contributed by atoms with Crippen LogP contribution in [-0.2, 0) is 11.2 Å². The average molecular weight is 344 g/mol. The van der Waals surface area contributed by atoms with Crippen LogP contribution in [0.4, 0.5) is 9.52 Å². The van der Waals surface area contributed by atoms with E-state index >= 15 is 0 Å². The van der Waals surface area contributed by atoms with Gasteiger partial charge in [-0.05, 0) is 36.4 Å². The van der Waals surface area contributed by atoms with Gasteiger partial charge in [0.1, 0.15) is 16.6 Å². The van der Waals surface area contributed by atoms with Gasteiger partial charge in [-0.1, -0.05) is 11.3 Å². The second kappa shape index (κ2) is 7.14. The molecule has 0 aliphatic carbocycles. The summed E-state index contributed by atoms with van der Waals surface area (Å²) in [6.07, 6.45) is 1.28. The van der Waals surface area contributed by atoms with Gasteiger partial charge in [0.15, 0.2) is 0 Å². The van der Waals surface area contributed by atoms with Gasteiger partial charge in [0.2, 0.25) is 11.0 Å². The van der Waals surface area contributed by atoms with Crippen molar-refractivity contribution in [3.8, 4) is 16.3 Å². The van der Waals surface area contributed by atoms with E-state index < -0.39 is 11.7 Å². The topological polar surface area (TPSA) is 77.0 Å². The Hall–Kier alpha value is -2.87. The Morgan fingerprint density at radius 2 is 2.04 bits per heavy atom. The molecule has 3 rings (SSSR count). The van der Waals surface area contributed by atoms with Crippen LogP contribution in [0.15, 0.2) is 42.6 Å². The molecule has 2 heterocycles. The standard InChI is InChI=1S/C16H13FN4O2S/c1-23-11-6-4-10(5-7-11)15-20-21-16(24-15)19-14(22)9-13-12(17)3-2-8-18-13/h2-8H,9H2,1H3,(H,19,21,22). The highest BCUT2D eigenvalue weighted by atomic mass is 32.1. The third kappa shape index (κ3) is 3.72. The smallest absolute Gasteiger partial charge is 0.232 e. The number of rotatable bonds is 5. The minimum Gasteiger partial charge on any atom is -0.497 e. The van der Waals surface area contributed by atoms with E-state index in [1.165, 1.54) is 29.7 Å². The number of halogens is 1. The fourth-order valence-corrected chi connectivity index (χ4v) is 2.75. The number of amides is 1. The molecule has 1 aromatic carbocycles. The quantitative estimate of drug-likeness (QED) is 0.770. The summed E-state index contributed by atoms with van der Waals surface area (Å²) < 4.78 is 18.6. The highest BCUT2D eigenvalue weighted by molar-refractivity contribution is 7.18. The molecule has 1 N–H and O–H groups in total. The van der Waals surface area contributed by atoms with Gasteiger partial charge in [-0.25, -0.2) is 4.39 Å². The maximum absolute atomic E-state index is 13.5. The van der Waals surface area contributed by atoms with Crippen molar-refractivity contribution in [3.63, 3.8) is 0 Å². The molecule has 3 aromatic rings. The molecule has 1 amide bonds. The molecule has 24 heavy (non-hydrogen) atoms. The first-order chi connectivity index (χ1) is 11.7. The Labute approximate surface area is 141 Å². The summed E-state index contributed by atoms with van der Waals surface area (Å²) in [7, 11) is 1.60. The molecule has 0 aliphatic rings. The fourth-order valence-electron chi connectivity index (χ4n) is 1.99. The number of benzene rings is 1. The van der Waals surface area contributed by atoms with Crippen molar-refractivity contribution >= 4 is 22.4 Å².